The van der Waals surface area contributed by atoms with Crippen LogP contribution in [0.4, 0.5) is 34.1 Å². The van der Waals surface area contributed by atoms with E-state index in [1.54, 1.807) is 0 Å². The van der Waals surface area contributed by atoms with Crippen LogP contribution in [0.2, 0.25) is 0 Å². The van der Waals surface area contributed by atoms with Gasteiger partial charge in [-0.15, -0.1) is 0 Å². The second kappa shape index (κ2) is 20.3. The third kappa shape index (κ3) is 8.01. The van der Waals surface area contributed by atoms with Gasteiger partial charge in [0.05, 0.1) is 33.4 Å². The molecule has 0 unspecified atom stereocenters. The van der Waals surface area contributed by atoms with Gasteiger partial charge in [0, 0.05) is 66.4 Å². The lowest BCUT2D eigenvalue weighted by Gasteiger charge is -2.33. The van der Waals surface area contributed by atoms with Crippen molar-refractivity contribution in [2.24, 2.45) is 0 Å². The molecule has 0 aliphatic heterocycles. The molecule has 2 aliphatic rings. The van der Waals surface area contributed by atoms with Gasteiger partial charge in [-0.2, -0.15) is 0 Å². The summed E-state index contributed by atoms with van der Waals surface area (Å²) in [7, 11) is 0. The van der Waals surface area contributed by atoms with Crippen LogP contribution >= 0.6 is 0 Å². The van der Waals surface area contributed by atoms with E-state index in [1.807, 2.05) is 0 Å². The molecular weight excluding hydrogens is 1020 g/mol. The molecule has 2 aliphatic carbocycles. The van der Waals surface area contributed by atoms with E-state index >= 15 is 0 Å². The highest BCUT2D eigenvalue weighted by Gasteiger charge is 2.29. The number of fused-ring (bicyclic) bond motifs is 8. The highest BCUT2D eigenvalue weighted by atomic mass is 15.2. The fraction of sp³-hybridized carbons (Fsp3) is 0.200. The van der Waals surface area contributed by atoms with Crippen molar-refractivity contribution >= 4 is 110 Å². The van der Waals surface area contributed by atoms with Crippen molar-refractivity contribution < 1.29 is 0 Å². The van der Waals surface area contributed by atoms with Crippen molar-refractivity contribution in [3.8, 4) is 11.4 Å². The number of rotatable bonds is 12. The predicted molar refractivity (Wildman–Crippen MR) is 359 cm³/mol. The van der Waals surface area contributed by atoms with Crippen LogP contribution in [0.3, 0.4) is 0 Å². The molecule has 0 saturated heterocycles. The lowest BCUT2D eigenvalue weighted by Crippen LogP contribution is -2.17. The summed E-state index contributed by atoms with van der Waals surface area (Å²) in [6, 6.07) is 80.1. The number of hydrogen-bond acceptors (Lipinski definition) is 2. The van der Waals surface area contributed by atoms with E-state index in [0.29, 0.717) is 0 Å². The van der Waals surface area contributed by atoms with Crippen molar-refractivity contribution in [1.29, 1.82) is 0 Å². The van der Waals surface area contributed by atoms with E-state index in [-0.39, 0.29) is 0 Å². The molecule has 16 rings (SSSR count). The Labute approximate surface area is 493 Å². The fourth-order valence-corrected chi connectivity index (χ4v) is 15.3. The zero-order chi connectivity index (χ0) is 56.2. The smallest absolute Gasteiger partial charge is 0.0561 e. The molecule has 0 saturated carbocycles. The third-order valence-electron chi connectivity index (χ3n) is 19.2. The lowest BCUT2D eigenvalue weighted by molar-refractivity contribution is 0.686. The van der Waals surface area contributed by atoms with Crippen molar-refractivity contribution in [2.45, 2.75) is 105 Å². The Balaban J connectivity index is 0.986. The van der Waals surface area contributed by atoms with Gasteiger partial charge in [-0.3, -0.25) is 0 Å². The Morgan fingerprint density at radius 1 is 0.333 bits per heavy atom. The Bertz CT molecular complexity index is 4900. The molecule has 4 heteroatoms. The van der Waals surface area contributed by atoms with Crippen LogP contribution in [0.5, 0.6) is 0 Å². The zero-order valence-electron chi connectivity index (χ0n) is 48.9. The molecule has 84 heavy (non-hydrogen) atoms. The normalized spacial score (nSPS) is 13.5. The quantitative estimate of drug-likeness (QED) is 0.113. The molecule has 2 aromatic heterocycles. The number of benzene rings is 12. The van der Waals surface area contributed by atoms with Gasteiger partial charge in [-0.1, -0.05) is 153 Å². The Morgan fingerprint density at radius 2 is 0.762 bits per heavy atom. The van der Waals surface area contributed by atoms with E-state index in [0.717, 1.165) is 51.4 Å². The molecule has 14 aromatic rings. The van der Waals surface area contributed by atoms with Crippen LogP contribution in [0.1, 0.15) is 96.9 Å². The van der Waals surface area contributed by atoms with Crippen LogP contribution in [-0.4, -0.2) is 9.13 Å². The zero-order valence-corrected chi connectivity index (χ0v) is 48.9. The molecule has 2 heterocycles. The van der Waals surface area contributed by atoms with Gasteiger partial charge in [0.2, 0.25) is 0 Å². The van der Waals surface area contributed by atoms with Gasteiger partial charge in [0.1, 0.15) is 0 Å². The maximum Gasteiger partial charge on any atom is 0.0561 e. The first-order chi connectivity index (χ1) is 41.4. The molecule has 12 aromatic carbocycles. The maximum absolute atomic E-state index is 2.69. The van der Waals surface area contributed by atoms with E-state index in [4.69, 9.17) is 0 Å². The summed E-state index contributed by atoms with van der Waals surface area (Å²) in [5, 5.41) is 13.2. The number of hydrogen-bond donors (Lipinski definition) is 0. The first-order valence-electron chi connectivity index (χ1n) is 31.2. The van der Waals surface area contributed by atoms with Crippen LogP contribution in [0, 0.1) is 13.8 Å². The minimum absolute atomic E-state index is 0.982. The molecule has 4 nitrogen and oxygen atoms in total. The second-order valence-electron chi connectivity index (χ2n) is 24.4. The van der Waals surface area contributed by atoms with Crippen molar-refractivity contribution in [2.75, 3.05) is 9.80 Å². The van der Waals surface area contributed by atoms with Gasteiger partial charge in [-0.05, 0) is 224 Å². The molecule has 0 spiro atoms. The molecule has 410 valence electrons. The number of aromatic nitrogens is 2. The molecule has 0 amide bonds. The Kier molecular flexibility index (Phi) is 12.3. The predicted octanol–water partition coefficient (Wildman–Crippen LogP) is 22.0. The van der Waals surface area contributed by atoms with Crippen LogP contribution in [0.25, 0.3) is 87.3 Å². The first-order valence-corrected chi connectivity index (χ1v) is 31.2. The molecule has 0 N–H and O–H groups in total. The van der Waals surface area contributed by atoms with Crippen LogP contribution in [-0.2, 0) is 38.5 Å². The minimum Gasteiger partial charge on any atom is -0.310 e. The number of nitrogens with zero attached hydrogens (tertiary/aromatic N) is 4. The summed E-state index contributed by atoms with van der Waals surface area (Å²) in [4.78, 5) is 5.37. The van der Waals surface area contributed by atoms with Gasteiger partial charge in [-0.25, -0.2) is 0 Å². The summed E-state index contributed by atoms with van der Waals surface area (Å²) in [5.41, 5.74) is 26.0. The van der Waals surface area contributed by atoms with Crippen LogP contribution < -0.4 is 9.80 Å². The van der Waals surface area contributed by atoms with Crippen molar-refractivity contribution in [3.05, 3.63) is 251 Å². The highest BCUT2D eigenvalue weighted by Crippen LogP contribution is 2.53. The number of aryl methyl sites for hydroxylation is 6. The van der Waals surface area contributed by atoms with Gasteiger partial charge in [0.15, 0.2) is 0 Å². The van der Waals surface area contributed by atoms with Gasteiger partial charge < -0.3 is 18.9 Å². The summed E-state index contributed by atoms with van der Waals surface area (Å²) in [5.74, 6) is 0. The average molecular weight is 1090 g/mol. The maximum atomic E-state index is 2.69. The summed E-state index contributed by atoms with van der Waals surface area (Å²) >= 11 is 0. The van der Waals surface area contributed by atoms with E-state index in [9.17, 15) is 0 Å². The topological polar surface area (TPSA) is 16.3 Å². The number of anilines is 6. The summed E-state index contributed by atoms with van der Waals surface area (Å²) < 4.78 is 4.95. The van der Waals surface area contributed by atoms with Crippen LogP contribution in [0.15, 0.2) is 206 Å². The first kappa shape index (κ1) is 50.6. The summed E-state index contributed by atoms with van der Waals surface area (Å²) in [6.07, 6.45) is 13.3. The molecule has 0 bridgehead atoms. The van der Waals surface area contributed by atoms with E-state index in [2.05, 4.69) is 253 Å². The highest BCUT2D eigenvalue weighted by molar-refractivity contribution is 6.29. The summed E-state index contributed by atoms with van der Waals surface area (Å²) in [6.45, 7) is 9.06. The van der Waals surface area contributed by atoms with E-state index in [1.165, 1.54) is 192 Å². The molecule has 0 fully saturated rings. The fourth-order valence-electron chi connectivity index (χ4n) is 15.3. The Hall–Kier alpha value is -9.12. The molecule has 0 radical (unpaired) electrons. The van der Waals surface area contributed by atoms with Crippen molar-refractivity contribution in [1.82, 2.24) is 9.13 Å². The van der Waals surface area contributed by atoms with Gasteiger partial charge >= 0.3 is 0 Å². The lowest BCUT2D eigenvalue weighted by atomic mass is 9.85. The van der Waals surface area contributed by atoms with Crippen molar-refractivity contribution in [3.63, 3.8) is 0 Å². The monoisotopic (exact) mass is 1090 g/mol. The second-order valence-corrected chi connectivity index (χ2v) is 24.4. The van der Waals surface area contributed by atoms with Gasteiger partial charge in [0.25, 0.3) is 0 Å². The molecule has 0 atom stereocenters. The number of para-hydroxylation sites is 2. The molecular formula is C80H70N4. The Morgan fingerprint density at radius 3 is 1.30 bits per heavy atom. The van der Waals surface area contributed by atoms with E-state index < -0.39 is 0 Å². The standard InChI is InChI=1S/C80H70N4/c1-5-17-55-47-76(83(71-29-15-21-53-19-7-9-23-61(53)71)59-40-46-75-70(49-59)66-26-12-14-28-74(66)81(75)57-35-31-51(3)32-36-57)68-44-42-64-56(18-6-2)48-77(69-45-43-63(55)79(68)80(64)69)84(72-30-16-22-54-20-8-10-24-62(54)72)60-39-41-67-65-25-11-13-27-73(65)82(78(67)50-60)58-37-33-52(4)34-38-58/h11-16,21-22,25-50H,5-10,17-20,23-24H2,1-4H3. The SMILES string of the molecule is CCCc1cc(N(c2ccc3c(c2)c2ccccc2n3-c2ccc(C)cc2)c2cccc3c2CCCC3)c2ccc3c(CCC)cc(N(c4ccc5c6ccccc6n(-c6ccc(C)cc6)c5c4)c4cccc5c4CCCC5)c4ccc1c2c34. The minimum atomic E-state index is 0.982. The third-order valence-corrected chi connectivity index (χ3v) is 19.2. The largest absolute Gasteiger partial charge is 0.310 e. The average Bonchev–Trinajstić information content (AvgIpc) is 1.62.